The van der Waals surface area contributed by atoms with Gasteiger partial charge >= 0.3 is 0 Å². The second-order valence-corrected chi connectivity index (χ2v) is 3.04. The second kappa shape index (κ2) is 3.67. The van der Waals surface area contributed by atoms with Crippen molar-refractivity contribution < 1.29 is 9.90 Å². The lowest BCUT2D eigenvalue weighted by atomic mass is 9.84. The van der Waals surface area contributed by atoms with Gasteiger partial charge in [-0.2, -0.15) is 0 Å². The van der Waals surface area contributed by atoms with E-state index < -0.39 is 6.10 Å². The molecule has 0 saturated heterocycles. The minimum absolute atomic E-state index is 0.166. The van der Waals surface area contributed by atoms with Crippen molar-refractivity contribution in [3.8, 4) is 0 Å². The zero-order valence-corrected chi connectivity index (χ0v) is 6.62. The lowest BCUT2D eigenvalue weighted by Gasteiger charge is -2.22. The number of carbonyl (C=O) groups excluding carboxylic acids is 1. The van der Waals surface area contributed by atoms with E-state index >= 15 is 0 Å². The van der Waals surface area contributed by atoms with Crippen molar-refractivity contribution in [1.29, 1.82) is 0 Å². The van der Waals surface area contributed by atoms with Gasteiger partial charge in [-0.3, -0.25) is 4.79 Å². The third-order valence-electron chi connectivity index (χ3n) is 2.26. The van der Waals surface area contributed by atoms with Gasteiger partial charge in [-0.15, -0.1) is 6.58 Å². The molecule has 2 unspecified atom stereocenters. The summed E-state index contributed by atoms with van der Waals surface area (Å²) in [4.78, 5) is 11.2. The van der Waals surface area contributed by atoms with E-state index in [1.807, 2.05) is 0 Å². The van der Waals surface area contributed by atoms with Crippen LogP contribution in [0.3, 0.4) is 0 Å². The highest BCUT2D eigenvalue weighted by molar-refractivity contribution is 5.82. The Hall–Kier alpha value is -0.630. The molecule has 0 aromatic carbocycles. The van der Waals surface area contributed by atoms with E-state index in [2.05, 4.69) is 6.58 Å². The highest BCUT2D eigenvalue weighted by Gasteiger charge is 2.26. The Balaban J connectivity index is 2.53. The molecule has 1 N–H and O–H groups in total. The van der Waals surface area contributed by atoms with Gasteiger partial charge < -0.3 is 5.11 Å². The molecular formula is C9H14O2. The molecule has 2 atom stereocenters. The predicted octanol–water partition coefficient (Wildman–Crippen LogP) is 1.29. The summed E-state index contributed by atoms with van der Waals surface area (Å²) in [5, 5.41) is 9.31. The SMILES string of the molecule is C=CC(O)C1CCCCC1=O. The van der Waals surface area contributed by atoms with Gasteiger partial charge in [-0.05, 0) is 12.8 Å². The van der Waals surface area contributed by atoms with Crippen LogP contribution in [0.4, 0.5) is 0 Å². The Bertz CT molecular complexity index is 163. The number of hydrogen-bond donors (Lipinski definition) is 1. The van der Waals surface area contributed by atoms with Gasteiger partial charge in [0, 0.05) is 12.3 Å². The summed E-state index contributed by atoms with van der Waals surface area (Å²) in [5.74, 6) is 0.0323. The minimum atomic E-state index is -0.622. The lowest BCUT2D eigenvalue weighted by Crippen LogP contribution is -2.29. The van der Waals surface area contributed by atoms with Gasteiger partial charge in [0.2, 0.25) is 0 Å². The number of carbonyl (C=O) groups is 1. The van der Waals surface area contributed by atoms with Crippen LogP contribution in [0.5, 0.6) is 0 Å². The van der Waals surface area contributed by atoms with Crippen molar-refractivity contribution in [1.82, 2.24) is 0 Å². The summed E-state index contributed by atoms with van der Waals surface area (Å²) < 4.78 is 0. The van der Waals surface area contributed by atoms with E-state index in [0.29, 0.717) is 6.42 Å². The fraction of sp³-hybridized carbons (Fsp3) is 0.667. The molecule has 0 spiro atoms. The van der Waals surface area contributed by atoms with Crippen LogP contribution in [0.2, 0.25) is 0 Å². The van der Waals surface area contributed by atoms with E-state index in [-0.39, 0.29) is 11.7 Å². The van der Waals surface area contributed by atoms with Gasteiger partial charge in [0.25, 0.3) is 0 Å². The van der Waals surface area contributed by atoms with Crippen molar-refractivity contribution in [2.75, 3.05) is 0 Å². The Kier molecular flexibility index (Phi) is 2.83. The third kappa shape index (κ3) is 1.90. The van der Waals surface area contributed by atoms with Gasteiger partial charge in [-0.25, -0.2) is 0 Å². The third-order valence-corrected chi connectivity index (χ3v) is 2.26. The highest BCUT2D eigenvalue weighted by atomic mass is 16.3. The first-order valence-electron chi connectivity index (χ1n) is 4.09. The zero-order valence-electron chi connectivity index (χ0n) is 6.62. The van der Waals surface area contributed by atoms with Crippen molar-refractivity contribution in [3.05, 3.63) is 12.7 Å². The van der Waals surface area contributed by atoms with Crippen molar-refractivity contribution in [2.45, 2.75) is 31.8 Å². The maximum absolute atomic E-state index is 11.2. The first-order chi connectivity index (χ1) is 5.25. The maximum atomic E-state index is 11.2. The molecule has 1 aliphatic rings. The normalized spacial score (nSPS) is 28.1. The Morgan fingerprint density at radius 1 is 1.64 bits per heavy atom. The molecule has 0 radical (unpaired) electrons. The lowest BCUT2D eigenvalue weighted by molar-refractivity contribution is -0.127. The number of aliphatic hydroxyl groups excluding tert-OH is 1. The molecule has 0 heterocycles. The standard InChI is InChI=1S/C9H14O2/c1-2-8(10)7-5-3-4-6-9(7)11/h2,7-8,10H,1,3-6H2. The quantitative estimate of drug-likeness (QED) is 0.608. The van der Waals surface area contributed by atoms with Crippen LogP contribution in [0.15, 0.2) is 12.7 Å². The summed E-state index contributed by atoms with van der Waals surface area (Å²) in [6.07, 6.45) is 4.33. The van der Waals surface area contributed by atoms with Gasteiger partial charge in [0.1, 0.15) is 5.78 Å². The molecule has 1 fully saturated rings. The highest BCUT2D eigenvalue weighted by Crippen LogP contribution is 2.23. The molecule has 2 nitrogen and oxygen atoms in total. The second-order valence-electron chi connectivity index (χ2n) is 3.04. The van der Waals surface area contributed by atoms with Crippen LogP contribution in [0, 0.1) is 5.92 Å². The number of hydrogen-bond acceptors (Lipinski definition) is 2. The maximum Gasteiger partial charge on any atom is 0.138 e. The first-order valence-corrected chi connectivity index (χ1v) is 4.09. The average Bonchev–Trinajstić information content (AvgIpc) is 2.04. The van der Waals surface area contributed by atoms with E-state index in [9.17, 15) is 9.90 Å². The van der Waals surface area contributed by atoms with Crippen LogP contribution in [-0.4, -0.2) is 17.0 Å². The van der Waals surface area contributed by atoms with Crippen molar-refractivity contribution >= 4 is 5.78 Å². The van der Waals surface area contributed by atoms with Gasteiger partial charge in [-0.1, -0.05) is 12.5 Å². The molecule has 1 saturated carbocycles. The van der Waals surface area contributed by atoms with Gasteiger partial charge in [0.05, 0.1) is 6.10 Å². The van der Waals surface area contributed by atoms with Crippen LogP contribution < -0.4 is 0 Å². The largest absolute Gasteiger partial charge is 0.388 e. The molecular weight excluding hydrogens is 140 g/mol. The number of ketones is 1. The van der Waals surface area contributed by atoms with Crippen molar-refractivity contribution in [3.63, 3.8) is 0 Å². The fourth-order valence-electron chi connectivity index (χ4n) is 1.54. The number of rotatable bonds is 2. The number of Topliss-reactive ketones (excluding diaryl/α,β-unsaturated/α-hetero) is 1. The van der Waals surface area contributed by atoms with Crippen LogP contribution in [0.1, 0.15) is 25.7 Å². The monoisotopic (exact) mass is 154 g/mol. The average molecular weight is 154 g/mol. The molecule has 2 heteroatoms. The zero-order chi connectivity index (χ0) is 8.27. The fourth-order valence-corrected chi connectivity index (χ4v) is 1.54. The first kappa shape index (κ1) is 8.47. The molecule has 0 aromatic heterocycles. The molecule has 0 aromatic rings. The molecule has 1 rings (SSSR count). The Morgan fingerprint density at radius 2 is 2.36 bits per heavy atom. The van der Waals surface area contributed by atoms with E-state index in [1.54, 1.807) is 0 Å². The Morgan fingerprint density at radius 3 is 2.91 bits per heavy atom. The predicted molar refractivity (Wildman–Crippen MR) is 43.2 cm³/mol. The smallest absolute Gasteiger partial charge is 0.138 e. The molecule has 0 aliphatic heterocycles. The summed E-state index contributed by atoms with van der Waals surface area (Å²) in [6.45, 7) is 3.47. The summed E-state index contributed by atoms with van der Waals surface area (Å²) in [5.41, 5.74) is 0. The van der Waals surface area contributed by atoms with Gasteiger partial charge in [0.15, 0.2) is 0 Å². The topological polar surface area (TPSA) is 37.3 Å². The molecule has 1 aliphatic carbocycles. The van der Waals surface area contributed by atoms with E-state index in [4.69, 9.17) is 0 Å². The summed E-state index contributed by atoms with van der Waals surface area (Å²) in [7, 11) is 0. The molecule has 0 amide bonds. The van der Waals surface area contributed by atoms with Crippen LogP contribution >= 0.6 is 0 Å². The molecule has 0 bridgehead atoms. The Labute approximate surface area is 66.9 Å². The summed E-state index contributed by atoms with van der Waals surface area (Å²) in [6, 6.07) is 0. The minimum Gasteiger partial charge on any atom is -0.388 e. The van der Waals surface area contributed by atoms with E-state index in [1.165, 1.54) is 6.08 Å². The van der Waals surface area contributed by atoms with Crippen LogP contribution in [-0.2, 0) is 4.79 Å². The number of aliphatic hydroxyl groups is 1. The van der Waals surface area contributed by atoms with Crippen molar-refractivity contribution in [2.24, 2.45) is 5.92 Å². The molecule has 62 valence electrons. The van der Waals surface area contributed by atoms with Crippen LogP contribution in [0.25, 0.3) is 0 Å². The molecule has 11 heavy (non-hydrogen) atoms. The summed E-state index contributed by atoms with van der Waals surface area (Å²) >= 11 is 0. The van der Waals surface area contributed by atoms with E-state index in [0.717, 1.165) is 19.3 Å².